The molecule has 0 N–H and O–H groups in total. The monoisotopic (exact) mass is 155 g/mol. The fourth-order valence-electron chi connectivity index (χ4n) is 0.856. The Morgan fingerprint density at radius 2 is 1.91 bits per heavy atom. The summed E-state index contributed by atoms with van der Waals surface area (Å²) in [6, 6.07) is 0. The van der Waals surface area contributed by atoms with E-state index < -0.39 is 0 Å². The molecule has 0 spiro atoms. The van der Waals surface area contributed by atoms with Crippen LogP contribution in [0.25, 0.3) is 0 Å². The number of hydrogen-bond donors (Lipinski definition) is 0. The van der Waals surface area contributed by atoms with Gasteiger partial charge in [0.25, 0.3) is 0 Å². The molecule has 0 atom stereocenters. The molecule has 2 nitrogen and oxygen atoms in total. The van der Waals surface area contributed by atoms with Gasteiger partial charge in [0.1, 0.15) is 0 Å². The van der Waals surface area contributed by atoms with Crippen molar-refractivity contribution in [3.8, 4) is 0 Å². The molecule has 11 heavy (non-hydrogen) atoms. The van der Waals surface area contributed by atoms with Gasteiger partial charge in [0.2, 0.25) is 0 Å². The molecule has 0 saturated carbocycles. The third kappa shape index (κ3) is 9.41. The smallest absolute Gasteiger partial charge is 0.0781 e. The van der Waals surface area contributed by atoms with E-state index in [0.29, 0.717) is 0 Å². The maximum atomic E-state index is 3.92. The van der Waals surface area contributed by atoms with E-state index >= 15 is 0 Å². The van der Waals surface area contributed by atoms with Gasteiger partial charge in [0, 0.05) is 6.54 Å². The molecule has 0 heterocycles. The molecular weight excluding hydrogens is 136 g/mol. The molecule has 0 aliphatic heterocycles. The molecule has 0 aliphatic rings. The van der Waals surface area contributed by atoms with E-state index in [1.54, 1.807) is 0 Å². The van der Waals surface area contributed by atoms with Crippen LogP contribution in [0.2, 0.25) is 0 Å². The summed E-state index contributed by atoms with van der Waals surface area (Å²) < 4.78 is 1.04. The molecule has 0 radical (unpaired) electrons. The largest absolute Gasteiger partial charge is 0.331 e. The van der Waals surface area contributed by atoms with Gasteiger partial charge >= 0.3 is 0 Å². The molecule has 64 valence electrons. The van der Waals surface area contributed by atoms with Gasteiger partial charge in [0.05, 0.1) is 27.7 Å². The van der Waals surface area contributed by atoms with Gasteiger partial charge in [0.15, 0.2) is 0 Å². The molecule has 0 rings (SSSR count). The molecule has 0 amide bonds. The molecular formula is C9H19N2+. The second-order valence-electron chi connectivity index (χ2n) is 3.76. The molecule has 0 aromatic heterocycles. The van der Waals surface area contributed by atoms with Gasteiger partial charge in [-0.05, 0) is 25.3 Å². The number of rotatable bonds is 5. The molecule has 0 fully saturated rings. The van der Waals surface area contributed by atoms with E-state index in [9.17, 15) is 0 Å². The second-order valence-corrected chi connectivity index (χ2v) is 3.76. The van der Waals surface area contributed by atoms with Crippen molar-refractivity contribution < 1.29 is 4.48 Å². The molecule has 0 unspecified atom stereocenters. The number of nitrogens with zero attached hydrogens (tertiary/aromatic N) is 2. The molecule has 2 heteroatoms. The normalized spacial score (nSPS) is 10.8. The lowest BCUT2D eigenvalue weighted by Crippen LogP contribution is -2.35. The zero-order chi connectivity index (χ0) is 8.74. The number of aliphatic imine (C=N–C) groups is 1. The number of hydrogen-bond acceptors (Lipinski definition) is 1. The van der Waals surface area contributed by atoms with Crippen molar-refractivity contribution in [1.82, 2.24) is 0 Å². The van der Waals surface area contributed by atoms with Crippen molar-refractivity contribution in [3.05, 3.63) is 6.58 Å². The SMILES string of the molecule is C=C=NCCCC[N+](C)(C)C. The van der Waals surface area contributed by atoms with Crippen LogP contribution < -0.4 is 0 Å². The van der Waals surface area contributed by atoms with Gasteiger partial charge in [-0.25, -0.2) is 4.99 Å². The Bertz CT molecular complexity index is 138. The van der Waals surface area contributed by atoms with Gasteiger partial charge in [-0.1, -0.05) is 0 Å². The van der Waals surface area contributed by atoms with Crippen molar-refractivity contribution in [2.24, 2.45) is 4.99 Å². The van der Waals surface area contributed by atoms with Crippen molar-refractivity contribution in [2.75, 3.05) is 34.2 Å². The third-order valence-corrected chi connectivity index (χ3v) is 1.46. The van der Waals surface area contributed by atoms with Crippen molar-refractivity contribution in [2.45, 2.75) is 12.8 Å². The first-order valence-corrected chi connectivity index (χ1v) is 4.05. The molecule has 0 bridgehead atoms. The summed E-state index contributed by atoms with van der Waals surface area (Å²) in [7, 11) is 6.62. The fourth-order valence-corrected chi connectivity index (χ4v) is 0.856. The minimum absolute atomic E-state index is 0.878. The summed E-state index contributed by atoms with van der Waals surface area (Å²) in [5.74, 6) is 2.54. The summed E-state index contributed by atoms with van der Waals surface area (Å²) in [5.41, 5.74) is 0. The predicted molar refractivity (Wildman–Crippen MR) is 50.1 cm³/mol. The van der Waals surface area contributed by atoms with Crippen LogP contribution in [0.1, 0.15) is 12.8 Å². The molecule has 0 aliphatic carbocycles. The van der Waals surface area contributed by atoms with E-state index in [1.807, 2.05) is 0 Å². The number of unbranched alkanes of at least 4 members (excludes halogenated alkanes) is 1. The van der Waals surface area contributed by atoms with Crippen LogP contribution in [0.15, 0.2) is 11.6 Å². The highest BCUT2D eigenvalue weighted by Gasteiger charge is 2.04. The Kier molecular flexibility index (Phi) is 4.84. The van der Waals surface area contributed by atoms with Gasteiger partial charge in [-0.2, -0.15) is 0 Å². The summed E-state index contributed by atoms with van der Waals surface area (Å²) in [6.07, 6.45) is 2.38. The van der Waals surface area contributed by atoms with E-state index in [0.717, 1.165) is 17.4 Å². The summed E-state index contributed by atoms with van der Waals surface area (Å²) >= 11 is 0. The predicted octanol–water partition coefficient (Wildman–Crippen LogP) is 1.33. The highest BCUT2D eigenvalue weighted by atomic mass is 15.3. The summed E-state index contributed by atoms with van der Waals surface area (Å²) in [6.45, 7) is 5.50. The highest BCUT2D eigenvalue weighted by Crippen LogP contribution is 1.96. The first-order chi connectivity index (χ1) is 5.06. The van der Waals surface area contributed by atoms with Crippen molar-refractivity contribution in [3.63, 3.8) is 0 Å². The number of quaternary nitrogens is 1. The lowest BCUT2D eigenvalue weighted by atomic mass is 10.3. The second kappa shape index (κ2) is 5.11. The van der Waals surface area contributed by atoms with Crippen LogP contribution in [0.4, 0.5) is 0 Å². The Labute approximate surface area is 69.8 Å². The standard InChI is InChI=1S/C9H19N2/c1-5-10-8-6-7-9-11(2,3)4/h1,6-9H2,2-4H3/q+1. The fraction of sp³-hybridized carbons (Fsp3) is 0.778. The topological polar surface area (TPSA) is 12.4 Å². The Hall–Kier alpha value is -0.590. The van der Waals surface area contributed by atoms with E-state index in [1.165, 1.54) is 13.0 Å². The highest BCUT2D eigenvalue weighted by molar-refractivity contribution is 5.46. The average Bonchev–Trinajstić information content (AvgIpc) is 1.85. The summed E-state index contributed by atoms with van der Waals surface area (Å²) in [5, 5.41) is 0. The maximum Gasteiger partial charge on any atom is 0.0781 e. The quantitative estimate of drug-likeness (QED) is 0.323. The lowest BCUT2D eigenvalue weighted by Gasteiger charge is -2.23. The minimum atomic E-state index is 0.878. The Balaban J connectivity index is 3.21. The van der Waals surface area contributed by atoms with Gasteiger partial charge < -0.3 is 4.48 Å². The Morgan fingerprint density at radius 1 is 1.27 bits per heavy atom. The zero-order valence-electron chi connectivity index (χ0n) is 7.93. The van der Waals surface area contributed by atoms with Crippen LogP contribution in [0.5, 0.6) is 0 Å². The van der Waals surface area contributed by atoms with E-state index in [2.05, 4.69) is 38.6 Å². The van der Waals surface area contributed by atoms with Crippen LogP contribution in [-0.4, -0.2) is 44.6 Å². The van der Waals surface area contributed by atoms with Gasteiger partial charge in [-0.15, -0.1) is 0 Å². The molecule has 0 saturated heterocycles. The zero-order valence-corrected chi connectivity index (χ0v) is 7.93. The first-order valence-electron chi connectivity index (χ1n) is 4.05. The third-order valence-electron chi connectivity index (χ3n) is 1.46. The maximum absolute atomic E-state index is 3.92. The molecule has 0 aromatic carbocycles. The Morgan fingerprint density at radius 3 is 2.36 bits per heavy atom. The minimum Gasteiger partial charge on any atom is -0.331 e. The van der Waals surface area contributed by atoms with E-state index in [-0.39, 0.29) is 0 Å². The van der Waals surface area contributed by atoms with Crippen molar-refractivity contribution >= 4 is 5.87 Å². The van der Waals surface area contributed by atoms with Crippen molar-refractivity contribution in [1.29, 1.82) is 0 Å². The van der Waals surface area contributed by atoms with Crippen LogP contribution in [-0.2, 0) is 0 Å². The van der Waals surface area contributed by atoms with E-state index in [4.69, 9.17) is 0 Å². The van der Waals surface area contributed by atoms with Crippen LogP contribution in [0, 0.1) is 0 Å². The summed E-state index contributed by atoms with van der Waals surface area (Å²) in [4.78, 5) is 3.92. The average molecular weight is 155 g/mol. The van der Waals surface area contributed by atoms with Crippen LogP contribution >= 0.6 is 0 Å². The lowest BCUT2D eigenvalue weighted by molar-refractivity contribution is -0.870. The molecule has 0 aromatic rings. The first kappa shape index (κ1) is 10.4. The van der Waals surface area contributed by atoms with Gasteiger partial charge in [-0.3, -0.25) is 0 Å². The van der Waals surface area contributed by atoms with Crippen LogP contribution in [0.3, 0.4) is 0 Å².